The molecule has 30 heavy (non-hydrogen) atoms. The summed E-state index contributed by atoms with van der Waals surface area (Å²) in [5, 5.41) is 8.35. The Morgan fingerprint density at radius 1 is 0.967 bits per heavy atom. The third-order valence-electron chi connectivity index (χ3n) is 6.62. The van der Waals surface area contributed by atoms with Gasteiger partial charge in [0, 0.05) is 0 Å². The smallest absolute Gasteiger partial charge is 0.265 e. The molecule has 6 rings (SSSR count). The summed E-state index contributed by atoms with van der Waals surface area (Å²) in [4.78, 5) is 12.1. The minimum Gasteiger partial charge on any atom is -0.479 e. The maximum absolute atomic E-state index is 12.1. The number of anilines is 1. The first kappa shape index (κ1) is 17.5. The van der Waals surface area contributed by atoms with Crippen molar-refractivity contribution in [3.63, 3.8) is 0 Å². The van der Waals surface area contributed by atoms with Crippen molar-refractivity contribution in [2.45, 2.75) is 38.7 Å². The van der Waals surface area contributed by atoms with Crippen LogP contribution in [0.1, 0.15) is 36.5 Å². The molecule has 0 aromatic heterocycles. The highest BCUT2D eigenvalue weighted by atomic mass is 16.5. The van der Waals surface area contributed by atoms with Crippen molar-refractivity contribution in [1.82, 2.24) is 0 Å². The Balaban J connectivity index is 1.62. The summed E-state index contributed by atoms with van der Waals surface area (Å²) in [6.07, 6.45) is 6.37. The lowest BCUT2D eigenvalue weighted by atomic mass is 9.84. The van der Waals surface area contributed by atoms with Crippen LogP contribution in [0, 0.1) is 10.4 Å². The summed E-state index contributed by atoms with van der Waals surface area (Å²) in [7, 11) is 0. The number of fused-ring (bicyclic) bond motifs is 5. The molecule has 1 amide bonds. The second-order valence-corrected chi connectivity index (χ2v) is 8.42. The van der Waals surface area contributed by atoms with E-state index in [-0.39, 0.29) is 5.91 Å². The molecule has 3 aromatic rings. The molecule has 148 valence electrons. The van der Waals surface area contributed by atoms with Crippen molar-refractivity contribution >= 4 is 23.2 Å². The van der Waals surface area contributed by atoms with Gasteiger partial charge in [-0.05, 0) is 87.9 Å². The predicted octanol–water partition coefficient (Wildman–Crippen LogP) is 3.56. The Hall–Kier alpha value is -3.33. The zero-order valence-corrected chi connectivity index (χ0v) is 17.0. The van der Waals surface area contributed by atoms with E-state index in [0.29, 0.717) is 0 Å². The van der Waals surface area contributed by atoms with Crippen LogP contribution in [-0.2, 0) is 17.6 Å². The Morgan fingerprint density at radius 3 is 2.73 bits per heavy atom. The van der Waals surface area contributed by atoms with Gasteiger partial charge >= 0.3 is 0 Å². The van der Waals surface area contributed by atoms with E-state index in [1.165, 1.54) is 50.4 Å². The molecule has 3 aliphatic rings. The molecule has 0 radical (unpaired) electrons. The fourth-order valence-corrected chi connectivity index (χ4v) is 5.10. The van der Waals surface area contributed by atoms with Crippen molar-refractivity contribution in [3.05, 3.63) is 92.2 Å². The number of hydrogen-bond acceptors (Lipinski definition) is 2. The molecule has 0 spiro atoms. The second kappa shape index (κ2) is 6.60. The molecule has 1 atom stereocenters. The van der Waals surface area contributed by atoms with Crippen molar-refractivity contribution in [2.75, 3.05) is 5.32 Å². The van der Waals surface area contributed by atoms with E-state index in [1.54, 1.807) is 6.92 Å². The van der Waals surface area contributed by atoms with Gasteiger partial charge in [-0.2, -0.15) is 0 Å². The molecule has 3 heteroatoms. The van der Waals surface area contributed by atoms with Crippen LogP contribution in [0.25, 0.3) is 11.6 Å². The average molecular weight is 393 g/mol. The van der Waals surface area contributed by atoms with Gasteiger partial charge < -0.3 is 10.1 Å². The zero-order chi connectivity index (χ0) is 20.2. The third-order valence-corrected chi connectivity index (χ3v) is 6.62. The third kappa shape index (κ3) is 2.62. The summed E-state index contributed by atoms with van der Waals surface area (Å²) in [5.74, 6) is 0.645. The first-order chi connectivity index (χ1) is 14.7. The number of rotatable bonds is 1. The van der Waals surface area contributed by atoms with E-state index in [4.69, 9.17) is 4.74 Å². The summed E-state index contributed by atoms with van der Waals surface area (Å²) in [6, 6.07) is 19.5. The van der Waals surface area contributed by atoms with Crippen LogP contribution in [-0.4, -0.2) is 12.0 Å². The Labute approximate surface area is 175 Å². The van der Waals surface area contributed by atoms with Gasteiger partial charge in [-0.25, -0.2) is 0 Å². The van der Waals surface area contributed by atoms with Crippen LogP contribution in [0.5, 0.6) is 5.75 Å². The van der Waals surface area contributed by atoms with Crippen LogP contribution in [0.2, 0.25) is 0 Å². The minimum atomic E-state index is -0.457. The van der Waals surface area contributed by atoms with Crippen molar-refractivity contribution < 1.29 is 9.53 Å². The molecule has 1 N–H and O–H groups in total. The Kier molecular flexibility index (Phi) is 3.85. The van der Waals surface area contributed by atoms with Gasteiger partial charge in [0.2, 0.25) is 0 Å². The molecule has 1 aliphatic heterocycles. The van der Waals surface area contributed by atoms with E-state index < -0.39 is 6.10 Å². The lowest BCUT2D eigenvalue weighted by Crippen LogP contribution is -2.34. The summed E-state index contributed by atoms with van der Waals surface area (Å²) in [6.45, 7) is 1.77. The zero-order valence-electron chi connectivity index (χ0n) is 17.0. The molecule has 1 unspecified atom stereocenters. The first-order valence-electron chi connectivity index (χ1n) is 10.7. The number of carbonyl (C=O) groups is 1. The normalized spacial score (nSPS) is 18.8. The highest BCUT2D eigenvalue weighted by Gasteiger charge is 2.24. The van der Waals surface area contributed by atoms with E-state index in [2.05, 4.69) is 59.9 Å². The van der Waals surface area contributed by atoms with Crippen molar-refractivity contribution in [2.24, 2.45) is 0 Å². The van der Waals surface area contributed by atoms with Crippen LogP contribution in [0.3, 0.4) is 0 Å². The molecule has 2 aliphatic carbocycles. The van der Waals surface area contributed by atoms with Crippen LogP contribution < -0.4 is 20.5 Å². The number of benzene rings is 3. The van der Waals surface area contributed by atoms with E-state index in [1.807, 2.05) is 6.07 Å². The van der Waals surface area contributed by atoms with Gasteiger partial charge in [0.05, 0.1) is 5.69 Å². The summed E-state index contributed by atoms with van der Waals surface area (Å²) in [5.41, 5.74) is 6.18. The molecule has 0 bridgehead atoms. The van der Waals surface area contributed by atoms with Gasteiger partial charge in [0.15, 0.2) is 6.10 Å². The molecule has 0 saturated carbocycles. The SMILES string of the molecule is CC1Oc2ccc(C3=c4ccccc4=c4ccc5c(c4C3)CCCC=5)cc2NC1=O. The van der Waals surface area contributed by atoms with E-state index in [0.717, 1.165) is 29.8 Å². The number of hydrogen-bond donors (Lipinski definition) is 1. The van der Waals surface area contributed by atoms with Crippen molar-refractivity contribution in [3.8, 4) is 5.75 Å². The van der Waals surface area contributed by atoms with Crippen molar-refractivity contribution in [1.29, 1.82) is 0 Å². The average Bonchev–Trinajstić information content (AvgIpc) is 2.79. The molecule has 0 fully saturated rings. The largest absolute Gasteiger partial charge is 0.479 e. The molecular formula is C27H23NO2. The number of nitrogens with one attached hydrogen (secondary N) is 1. The van der Waals surface area contributed by atoms with E-state index >= 15 is 0 Å². The highest BCUT2D eigenvalue weighted by molar-refractivity contribution is 5.98. The Bertz CT molecular complexity index is 1430. The number of carbonyl (C=O) groups excluding carboxylic acids is 1. The molecule has 3 aromatic carbocycles. The second-order valence-electron chi connectivity index (χ2n) is 8.42. The standard InChI is InChI=1S/C27H23NO2/c1-16-27(29)28-25-14-18(11-13-26(25)30-16)23-15-24-19-7-3-2-6-17(19)10-12-22(24)20-8-4-5-9-21(20)23/h4-6,8-14,16H,2-3,7,15H2,1H3,(H,28,29). The van der Waals surface area contributed by atoms with Gasteiger partial charge in [-0.1, -0.05) is 48.5 Å². The fraction of sp³-hybridized carbons (Fsp3) is 0.222. The minimum absolute atomic E-state index is 0.0938. The topological polar surface area (TPSA) is 38.3 Å². The number of amides is 1. The van der Waals surface area contributed by atoms with Gasteiger partial charge in [-0.15, -0.1) is 0 Å². The highest BCUT2D eigenvalue weighted by Crippen LogP contribution is 2.33. The Morgan fingerprint density at radius 2 is 1.83 bits per heavy atom. The molecule has 3 nitrogen and oxygen atoms in total. The molecule has 0 saturated heterocycles. The lowest BCUT2D eigenvalue weighted by molar-refractivity contribution is -0.122. The fourth-order valence-electron chi connectivity index (χ4n) is 5.10. The quantitative estimate of drug-likeness (QED) is 0.687. The van der Waals surface area contributed by atoms with Gasteiger partial charge in [0.25, 0.3) is 5.91 Å². The van der Waals surface area contributed by atoms with Crippen LogP contribution in [0.4, 0.5) is 5.69 Å². The van der Waals surface area contributed by atoms with Crippen LogP contribution in [0.15, 0.2) is 54.6 Å². The molecular weight excluding hydrogens is 370 g/mol. The monoisotopic (exact) mass is 393 g/mol. The number of ether oxygens (including phenoxy) is 1. The van der Waals surface area contributed by atoms with E-state index in [9.17, 15) is 4.79 Å². The molecule has 1 heterocycles. The maximum atomic E-state index is 12.1. The first-order valence-corrected chi connectivity index (χ1v) is 10.7. The summed E-state index contributed by atoms with van der Waals surface area (Å²) < 4.78 is 5.76. The summed E-state index contributed by atoms with van der Waals surface area (Å²) >= 11 is 0. The predicted molar refractivity (Wildman–Crippen MR) is 119 cm³/mol. The van der Waals surface area contributed by atoms with Gasteiger partial charge in [0.1, 0.15) is 5.75 Å². The maximum Gasteiger partial charge on any atom is 0.265 e. The lowest BCUT2D eigenvalue weighted by Gasteiger charge is -2.25. The van der Waals surface area contributed by atoms with Gasteiger partial charge in [-0.3, -0.25) is 4.79 Å². The van der Waals surface area contributed by atoms with Crippen LogP contribution >= 0.6 is 0 Å².